The summed E-state index contributed by atoms with van der Waals surface area (Å²) < 4.78 is 6.56. The highest BCUT2D eigenvalue weighted by molar-refractivity contribution is 8.00. The highest BCUT2D eigenvalue weighted by atomic mass is 32.2. The smallest absolute Gasteiger partial charge is 0.319 e. The third kappa shape index (κ3) is 2.20. The van der Waals surface area contributed by atoms with Crippen LogP contribution in [-0.2, 0) is 16.1 Å². The van der Waals surface area contributed by atoms with E-state index in [-0.39, 0.29) is 16.8 Å². The lowest BCUT2D eigenvalue weighted by molar-refractivity contribution is -0.137. The van der Waals surface area contributed by atoms with Crippen LogP contribution in [0.3, 0.4) is 0 Å². The second-order valence-corrected chi connectivity index (χ2v) is 5.69. The minimum absolute atomic E-state index is 0.0630. The summed E-state index contributed by atoms with van der Waals surface area (Å²) in [6.07, 6.45) is 0.663. The average Bonchev–Trinajstić information content (AvgIpc) is 2.85. The van der Waals surface area contributed by atoms with Crippen LogP contribution in [0.15, 0.2) is 34.2 Å². The first-order valence-electron chi connectivity index (χ1n) is 6.53. The van der Waals surface area contributed by atoms with Crippen molar-refractivity contribution in [3.05, 3.63) is 34.6 Å². The summed E-state index contributed by atoms with van der Waals surface area (Å²) in [5.41, 5.74) is 0.600. The summed E-state index contributed by atoms with van der Waals surface area (Å²) >= 11 is 1.32. The Bertz CT molecular complexity index is 726. The van der Waals surface area contributed by atoms with Crippen LogP contribution in [0, 0.1) is 0 Å². The number of cyclic esters (lactones) is 1. The molecular weight excluding hydrogens is 276 g/mol. The van der Waals surface area contributed by atoms with Crippen molar-refractivity contribution in [3.63, 3.8) is 0 Å². The lowest BCUT2D eigenvalue weighted by Crippen LogP contribution is -2.24. The molecule has 1 atom stereocenters. The first-order valence-corrected chi connectivity index (χ1v) is 7.41. The summed E-state index contributed by atoms with van der Waals surface area (Å²) in [7, 11) is 0. The van der Waals surface area contributed by atoms with E-state index < -0.39 is 0 Å². The first-order chi connectivity index (χ1) is 9.70. The second-order valence-electron chi connectivity index (χ2n) is 4.52. The molecule has 1 fully saturated rings. The molecule has 20 heavy (non-hydrogen) atoms. The van der Waals surface area contributed by atoms with Crippen LogP contribution in [0.1, 0.15) is 13.3 Å². The molecule has 1 aliphatic rings. The van der Waals surface area contributed by atoms with Gasteiger partial charge in [0, 0.05) is 13.0 Å². The van der Waals surface area contributed by atoms with Crippen LogP contribution < -0.4 is 5.56 Å². The van der Waals surface area contributed by atoms with Crippen molar-refractivity contribution < 1.29 is 9.53 Å². The van der Waals surface area contributed by atoms with Gasteiger partial charge >= 0.3 is 5.97 Å². The zero-order valence-electron chi connectivity index (χ0n) is 11.0. The summed E-state index contributed by atoms with van der Waals surface area (Å²) in [6.45, 7) is 2.87. The van der Waals surface area contributed by atoms with Gasteiger partial charge in [-0.15, -0.1) is 0 Å². The van der Waals surface area contributed by atoms with Gasteiger partial charge in [-0.2, -0.15) is 0 Å². The fourth-order valence-corrected chi connectivity index (χ4v) is 3.35. The molecule has 0 saturated carbocycles. The minimum Gasteiger partial charge on any atom is -0.465 e. The molecule has 0 aliphatic carbocycles. The highest BCUT2D eigenvalue weighted by Gasteiger charge is 2.29. The number of carbonyl (C=O) groups is 1. The van der Waals surface area contributed by atoms with Crippen LogP contribution in [-0.4, -0.2) is 27.4 Å². The number of fused-ring (bicyclic) bond motifs is 1. The van der Waals surface area contributed by atoms with Crippen molar-refractivity contribution in [3.8, 4) is 0 Å². The van der Waals surface area contributed by atoms with Crippen LogP contribution in [0.5, 0.6) is 0 Å². The molecule has 6 heteroatoms. The fraction of sp³-hybridized carbons (Fsp3) is 0.357. The van der Waals surface area contributed by atoms with Crippen molar-refractivity contribution in [1.82, 2.24) is 9.55 Å². The van der Waals surface area contributed by atoms with Gasteiger partial charge in [-0.3, -0.25) is 14.2 Å². The molecule has 5 nitrogen and oxygen atoms in total. The maximum Gasteiger partial charge on any atom is 0.319 e. The average molecular weight is 290 g/mol. The number of thioether (sulfide) groups is 1. The number of aromatic nitrogens is 2. The van der Waals surface area contributed by atoms with Gasteiger partial charge in [-0.1, -0.05) is 23.9 Å². The molecule has 1 unspecified atom stereocenters. The summed E-state index contributed by atoms with van der Waals surface area (Å²) in [4.78, 5) is 28.5. The molecule has 1 aromatic carbocycles. The number of hydrogen-bond acceptors (Lipinski definition) is 5. The molecule has 1 aliphatic heterocycles. The molecule has 3 rings (SSSR count). The Morgan fingerprint density at radius 3 is 2.90 bits per heavy atom. The summed E-state index contributed by atoms with van der Waals surface area (Å²) in [5, 5.41) is 0.925. The van der Waals surface area contributed by atoms with E-state index in [9.17, 15) is 9.59 Å². The Morgan fingerprint density at radius 1 is 1.40 bits per heavy atom. The third-order valence-electron chi connectivity index (χ3n) is 3.28. The van der Waals surface area contributed by atoms with Crippen molar-refractivity contribution in [1.29, 1.82) is 0 Å². The van der Waals surface area contributed by atoms with Gasteiger partial charge in [-0.25, -0.2) is 4.98 Å². The van der Waals surface area contributed by atoms with Crippen molar-refractivity contribution in [2.24, 2.45) is 0 Å². The lowest BCUT2D eigenvalue weighted by atomic mass is 10.2. The molecule has 0 bridgehead atoms. The maximum absolute atomic E-state index is 12.4. The third-order valence-corrected chi connectivity index (χ3v) is 4.51. The van der Waals surface area contributed by atoms with Gasteiger partial charge in [0.1, 0.15) is 5.25 Å². The lowest BCUT2D eigenvalue weighted by Gasteiger charge is -2.12. The molecule has 0 spiro atoms. The Morgan fingerprint density at radius 2 is 2.20 bits per heavy atom. The number of ether oxygens (including phenoxy) is 1. The zero-order valence-corrected chi connectivity index (χ0v) is 11.9. The Kier molecular flexibility index (Phi) is 3.48. The summed E-state index contributed by atoms with van der Waals surface area (Å²) in [6, 6.07) is 7.26. The van der Waals surface area contributed by atoms with Crippen LogP contribution in [0.4, 0.5) is 0 Å². The van der Waals surface area contributed by atoms with Crippen molar-refractivity contribution >= 4 is 28.6 Å². The number of para-hydroxylation sites is 1. The van der Waals surface area contributed by atoms with E-state index in [4.69, 9.17) is 4.74 Å². The predicted molar refractivity (Wildman–Crippen MR) is 76.9 cm³/mol. The van der Waals surface area contributed by atoms with E-state index in [0.717, 1.165) is 0 Å². The van der Waals surface area contributed by atoms with Gasteiger partial charge in [0.05, 0.1) is 17.5 Å². The van der Waals surface area contributed by atoms with Gasteiger partial charge in [0.15, 0.2) is 5.16 Å². The number of esters is 1. The van der Waals surface area contributed by atoms with E-state index >= 15 is 0 Å². The topological polar surface area (TPSA) is 61.2 Å². The number of hydrogen-bond donors (Lipinski definition) is 0. The number of carbonyl (C=O) groups excluding carboxylic acids is 1. The quantitative estimate of drug-likeness (QED) is 0.637. The Balaban J connectivity index is 2.09. The minimum atomic E-state index is -0.263. The molecule has 104 valence electrons. The molecule has 0 N–H and O–H groups in total. The zero-order chi connectivity index (χ0) is 14.1. The molecular formula is C14H14N2O3S. The van der Waals surface area contributed by atoms with Crippen LogP contribution >= 0.6 is 11.8 Å². The van der Waals surface area contributed by atoms with Gasteiger partial charge in [0.2, 0.25) is 0 Å². The van der Waals surface area contributed by atoms with Crippen LogP contribution in [0.2, 0.25) is 0 Å². The Labute approximate surface area is 120 Å². The monoisotopic (exact) mass is 290 g/mol. The standard InChI is InChI=1S/C14H14N2O3S/c1-2-16-12(17)9-5-3-4-6-10(9)15-14(16)20-11-7-8-19-13(11)18/h3-6,11H,2,7-8H2,1H3. The van der Waals surface area contributed by atoms with Gasteiger partial charge < -0.3 is 4.74 Å². The van der Waals surface area contributed by atoms with E-state index in [0.29, 0.717) is 35.6 Å². The molecule has 2 aromatic rings. The first kappa shape index (κ1) is 13.2. The Hall–Kier alpha value is -1.82. The predicted octanol–water partition coefficient (Wildman–Crippen LogP) is 1.82. The SMILES string of the molecule is CCn1c(SC2CCOC2=O)nc2ccccc2c1=O. The van der Waals surface area contributed by atoms with E-state index in [1.165, 1.54) is 11.8 Å². The van der Waals surface area contributed by atoms with Crippen LogP contribution in [0.25, 0.3) is 10.9 Å². The van der Waals surface area contributed by atoms with E-state index in [2.05, 4.69) is 4.98 Å². The molecule has 1 aromatic heterocycles. The van der Waals surface area contributed by atoms with Gasteiger partial charge in [-0.05, 0) is 19.1 Å². The number of rotatable bonds is 3. The highest BCUT2D eigenvalue weighted by Crippen LogP contribution is 2.28. The van der Waals surface area contributed by atoms with Crippen molar-refractivity contribution in [2.75, 3.05) is 6.61 Å². The number of benzene rings is 1. The maximum atomic E-state index is 12.4. The molecule has 2 heterocycles. The molecule has 0 amide bonds. The fourth-order valence-electron chi connectivity index (χ4n) is 2.23. The summed E-state index contributed by atoms with van der Waals surface area (Å²) in [5.74, 6) is -0.222. The van der Waals surface area contributed by atoms with E-state index in [1.807, 2.05) is 25.1 Å². The normalized spacial score (nSPS) is 18.4. The van der Waals surface area contributed by atoms with E-state index in [1.54, 1.807) is 10.6 Å². The number of nitrogens with zero attached hydrogens (tertiary/aromatic N) is 2. The molecule has 0 radical (unpaired) electrons. The largest absolute Gasteiger partial charge is 0.465 e. The second kappa shape index (κ2) is 5.28. The molecule has 1 saturated heterocycles. The van der Waals surface area contributed by atoms with Crippen molar-refractivity contribution in [2.45, 2.75) is 30.3 Å². The van der Waals surface area contributed by atoms with Gasteiger partial charge in [0.25, 0.3) is 5.56 Å².